The molecule has 0 radical (unpaired) electrons. The van der Waals surface area contributed by atoms with Crippen LogP contribution in [0, 0.1) is 0 Å². The highest BCUT2D eigenvalue weighted by Crippen LogP contribution is 2.41. The summed E-state index contributed by atoms with van der Waals surface area (Å²) in [6, 6.07) is 0. The van der Waals surface area contributed by atoms with Crippen molar-refractivity contribution in [3.8, 4) is 0 Å². The average Bonchev–Trinajstić information content (AvgIpc) is 2.80. The third-order valence-corrected chi connectivity index (χ3v) is 4.36. The van der Waals surface area contributed by atoms with Gasteiger partial charge in [-0.2, -0.15) is 0 Å². The van der Waals surface area contributed by atoms with Crippen LogP contribution in [-0.4, -0.2) is 19.2 Å². The van der Waals surface area contributed by atoms with Gasteiger partial charge < -0.3 is 9.47 Å². The second-order valence-corrected chi connectivity index (χ2v) is 5.19. The molecule has 4 heteroatoms. The molecule has 1 fully saturated rings. The van der Waals surface area contributed by atoms with E-state index < -0.39 is 0 Å². The van der Waals surface area contributed by atoms with Crippen LogP contribution in [0.15, 0.2) is 5.38 Å². The SMILES string of the molecule is COCc1csc(C2(OC)CCCCC2)n1. The highest BCUT2D eigenvalue weighted by Gasteiger charge is 2.36. The van der Waals surface area contributed by atoms with Crippen molar-refractivity contribution in [3.05, 3.63) is 16.1 Å². The Hall–Kier alpha value is -0.450. The fraction of sp³-hybridized carbons (Fsp3) is 0.750. The van der Waals surface area contributed by atoms with E-state index in [1.807, 2.05) is 7.11 Å². The van der Waals surface area contributed by atoms with Crippen LogP contribution in [0.4, 0.5) is 0 Å². The van der Waals surface area contributed by atoms with Crippen molar-refractivity contribution in [2.24, 2.45) is 0 Å². The lowest BCUT2D eigenvalue weighted by atomic mass is 9.85. The highest BCUT2D eigenvalue weighted by atomic mass is 32.1. The minimum atomic E-state index is -0.116. The Bertz CT molecular complexity index is 332. The molecular formula is C12H19NO2S. The maximum Gasteiger partial charge on any atom is 0.125 e. The molecule has 0 N–H and O–H groups in total. The molecule has 1 heterocycles. The number of aromatic nitrogens is 1. The van der Waals surface area contributed by atoms with Crippen LogP contribution in [0.1, 0.15) is 42.8 Å². The maximum atomic E-state index is 5.76. The van der Waals surface area contributed by atoms with E-state index in [4.69, 9.17) is 9.47 Å². The van der Waals surface area contributed by atoms with Gasteiger partial charge in [0.25, 0.3) is 0 Å². The van der Waals surface area contributed by atoms with Gasteiger partial charge in [0.05, 0.1) is 12.3 Å². The first-order valence-electron chi connectivity index (χ1n) is 5.80. The molecule has 1 aliphatic rings. The van der Waals surface area contributed by atoms with Gasteiger partial charge in [-0.05, 0) is 12.8 Å². The van der Waals surface area contributed by atoms with Crippen LogP contribution in [-0.2, 0) is 21.7 Å². The summed E-state index contributed by atoms with van der Waals surface area (Å²) in [5.74, 6) is 0. The lowest BCUT2D eigenvalue weighted by Gasteiger charge is -2.34. The highest BCUT2D eigenvalue weighted by molar-refractivity contribution is 7.09. The van der Waals surface area contributed by atoms with Crippen LogP contribution >= 0.6 is 11.3 Å². The van der Waals surface area contributed by atoms with Crippen molar-refractivity contribution in [1.29, 1.82) is 0 Å². The molecule has 0 aromatic carbocycles. The predicted octanol–water partition coefficient (Wildman–Crippen LogP) is 3.10. The number of nitrogens with zero attached hydrogens (tertiary/aromatic N) is 1. The molecule has 0 saturated heterocycles. The van der Waals surface area contributed by atoms with E-state index in [0.717, 1.165) is 23.5 Å². The molecule has 0 bridgehead atoms. The predicted molar refractivity (Wildman–Crippen MR) is 64.6 cm³/mol. The standard InChI is InChI=1S/C12H19NO2S/c1-14-8-10-9-16-11(13-10)12(15-2)6-4-3-5-7-12/h9H,3-8H2,1-2H3. The van der Waals surface area contributed by atoms with Gasteiger partial charge in [0.1, 0.15) is 10.6 Å². The molecule has 16 heavy (non-hydrogen) atoms. The van der Waals surface area contributed by atoms with Crippen molar-refractivity contribution < 1.29 is 9.47 Å². The van der Waals surface area contributed by atoms with Crippen LogP contribution < -0.4 is 0 Å². The minimum absolute atomic E-state index is 0.116. The van der Waals surface area contributed by atoms with E-state index in [-0.39, 0.29) is 5.60 Å². The maximum absolute atomic E-state index is 5.76. The molecule has 2 rings (SSSR count). The summed E-state index contributed by atoms with van der Waals surface area (Å²) in [6.07, 6.45) is 6.01. The van der Waals surface area contributed by atoms with Gasteiger partial charge in [-0.25, -0.2) is 4.98 Å². The van der Waals surface area contributed by atoms with Crippen molar-refractivity contribution >= 4 is 11.3 Å². The molecule has 0 aliphatic heterocycles. The number of hydrogen-bond acceptors (Lipinski definition) is 4. The lowest BCUT2D eigenvalue weighted by molar-refractivity contribution is -0.0448. The van der Waals surface area contributed by atoms with Crippen molar-refractivity contribution in [2.45, 2.75) is 44.3 Å². The molecule has 90 valence electrons. The Balaban J connectivity index is 2.18. The lowest BCUT2D eigenvalue weighted by Crippen LogP contribution is -2.31. The minimum Gasteiger partial charge on any atom is -0.378 e. The fourth-order valence-corrected chi connectivity index (χ4v) is 3.40. The Labute approximate surface area is 101 Å². The third kappa shape index (κ3) is 2.29. The Morgan fingerprint density at radius 1 is 1.31 bits per heavy atom. The first-order valence-corrected chi connectivity index (χ1v) is 6.68. The second-order valence-electron chi connectivity index (χ2n) is 4.34. The van der Waals surface area contributed by atoms with Crippen LogP contribution in [0.5, 0.6) is 0 Å². The van der Waals surface area contributed by atoms with E-state index in [1.54, 1.807) is 18.4 Å². The van der Waals surface area contributed by atoms with Gasteiger partial charge >= 0.3 is 0 Å². The van der Waals surface area contributed by atoms with Crippen molar-refractivity contribution in [1.82, 2.24) is 4.98 Å². The van der Waals surface area contributed by atoms with E-state index in [1.165, 1.54) is 19.3 Å². The van der Waals surface area contributed by atoms with Gasteiger partial charge in [-0.1, -0.05) is 19.3 Å². The zero-order chi connectivity index (χ0) is 11.4. The summed E-state index contributed by atoms with van der Waals surface area (Å²) in [6.45, 7) is 0.594. The normalized spacial score (nSPS) is 19.9. The van der Waals surface area contributed by atoms with Crippen LogP contribution in [0.25, 0.3) is 0 Å². The molecule has 1 aromatic rings. The van der Waals surface area contributed by atoms with E-state index >= 15 is 0 Å². The molecule has 0 atom stereocenters. The van der Waals surface area contributed by atoms with E-state index in [0.29, 0.717) is 6.61 Å². The van der Waals surface area contributed by atoms with Gasteiger partial charge in [-0.3, -0.25) is 0 Å². The number of rotatable bonds is 4. The van der Waals surface area contributed by atoms with Gasteiger partial charge in [-0.15, -0.1) is 11.3 Å². The number of ether oxygens (including phenoxy) is 2. The monoisotopic (exact) mass is 241 g/mol. The summed E-state index contributed by atoms with van der Waals surface area (Å²) in [4.78, 5) is 4.64. The molecule has 0 spiro atoms. The topological polar surface area (TPSA) is 31.4 Å². The number of hydrogen-bond donors (Lipinski definition) is 0. The molecule has 1 saturated carbocycles. The first-order chi connectivity index (χ1) is 7.80. The molecule has 0 unspecified atom stereocenters. The summed E-state index contributed by atoms with van der Waals surface area (Å²) >= 11 is 1.70. The molecule has 3 nitrogen and oxygen atoms in total. The largest absolute Gasteiger partial charge is 0.378 e. The summed E-state index contributed by atoms with van der Waals surface area (Å²) < 4.78 is 10.9. The number of methoxy groups -OCH3 is 2. The summed E-state index contributed by atoms with van der Waals surface area (Å²) in [7, 11) is 3.51. The van der Waals surface area contributed by atoms with E-state index in [9.17, 15) is 0 Å². The summed E-state index contributed by atoms with van der Waals surface area (Å²) in [5.41, 5.74) is 0.902. The average molecular weight is 241 g/mol. The van der Waals surface area contributed by atoms with Gasteiger partial charge in [0.15, 0.2) is 0 Å². The van der Waals surface area contributed by atoms with Crippen LogP contribution in [0.2, 0.25) is 0 Å². The molecular weight excluding hydrogens is 222 g/mol. The van der Waals surface area contributed by atoms with Crippen LogP contribution in [0.3, 0.4) is 0 Å². The third-order valence-electron chi connectivity index (χ3n) is 3.29. The van der Waals surface area contributed by atoms with Crippen molar-refractivity contribution in [3.63, 3.8) is 0 Å². The fourth-order valence-electron chi connectivity index (χ4n) is 2.36. The molecule has 1 aromatic heterocycles. The second kappa shape index (κ2) is 5.25. The van der Waals surface area contributed by atoms with Gasteiger partial charge in [0, 0.05) is 19.6 Å². The quantitative estimate of drug-likeness (QED) is 0.811. The molecule has 1 aliphatic carbocycles. The first kappa shape index (κ1) is 12.0. The van der Waals surface area contributed by atoms with Gasteiger partial charge in [0.2, 0.25) is 0 Å². The van der Waals surface area contributed by atoms with Crippen molar-refractivity contribution in [2.75, 3.05) is 14.2 Å². The Morgan fingerprint density at radius 2 is 2.06 bits per heavy atom. The molecule has 0 amide bonds. The van der Waals surface area contributed by atoms with E-state index in [2.05, 4.69) is 10.4 Å². The smallest absolute Gasteiger partial charge is 0.125 e. The zero-order valence-electron chi connectivity index (χ0n) is 9.99. The Kier molecular flexibility index (Phi) is 3.95. The summed E-state index contributed by atoms with van der Waals surface area (Å²) in [5, 5.41) is 3.20. The number of thiazole rings is 1. The zero-order valence-corrected chi connectivity index (χ0v) is 10.8. The Morgan fingerprint density at radius 3 is 2.69 bits per heavy atom.